The van der Waals surface area contributed by atoms with Crippen LogP contribution in [0.15, 0.2) is 34.7 Å². The minimum Gasteiger partial charge on any atom is -0.441 e. The molecule has 5 nitrogen and oxygen atoms in total. The van der Waals surface area contributed by atoms with E-state index in [0.717, 1.165) is 25.1 Å². The SMILES string of the molecule is Cc1oc(-c2ccccc2)nc1CC(=O)NC1CCNCC1C.Cl.Cl. The van der Waals surface area contributed by atoms with Crippen LogP contribution in [0.25, 0.3) is 11.5 Å². The maximum atomic E-state index is 12.3. The van der Waals surface area contributed by atoms with Crippen LogP contribution in [-0.2, 0) is 11.2 Å². The fourth-order valence-corrected chi connectivity index (χ4v) is 2.93. The molecule has 1 amide bonds. The van der Waals surface area contributed by atoms with Gasteiger partial charge in [0.15, 0.2) is 0 Å². The Balaban J connectivity index is 0.00000156. The minimum absolute atomic E-state index is 0. The van der Waals surface area contributed by atoms with Crippen LogP contribution in [0.4, 0.5) is 0 Å². The molecule has 1 saturated heterocycles. The molecule has 0 aliphatic carbocycles. The molecule has 0 bridgehead atoms. The van der Waals surface area contributed by atoms with Gasteiger partial charge >= 0.3 is 0 Å². The molecule has 2 heterocycles. The first-order valence-electron chi connectivity index (χ1n) is 8.15. The van der Waals surface area contributed by atoms with Crippen molar-refractivity contribution in [3.8, 4) is 11.5 Å². The van der Waals surface area contributed by atoms with Gasteiger partial charge in [0.2, 0.25) is 11.8 Å². The average molecular weight is 386 g/mol. The molecule has 0 spiro atoms. The van der Waals surface area contributed by atoms with Crippen molar-refractivity contribution < 1.29 is 9.21 Å². The van der Waals surface area contributed by atoms with Gasteiger partial charge < -0.3 is 15.1 Å². The molecule has 3 rings (SSSR count). The lowest BCUT2D eigenvalue weighted by Crippen LogP contribution is -2.48. The molecule has 2 aromatic rings. The predicted octanol–water partition coefficient (Wildman–Crippen LogP) is 3.15. The Morgan fingerprint density at radius 1 is 1.32 bits per heavy atom. The van der Waals surface area contributed by atoms with Gasteiger partial charge in [-0.2, -0.15) is 0 Å². The lowest BCUT2D eigenvalue weighted by atomic mass is 9.95. The number of carbonyl (C=O) groups excluding carboxylic acids is 1. The highest BCUT2D eigenvalue weighted by Gasteiger charge is 2.23. The molecule has 2 unspecified atom stereocenters. The molecule has 0 saturated carbocycles. The number of benzene rings is 1. The van der Waals surface area contributed by atoms with E-state index in [0.29, 0.717) is 23.3 Å². The van der Waals surface area contributed by atoms with E-state index in [4.69, 9.17) is 4.42 Å². The van der Waals surface area contributed by atoms with Gasteiger partial charge in [-0.15, -0.1) is 24.8 Å². The Morgan fingerprint density at radius 2 is 2.04 bits per heavy atom. The molecular formula is C18H25Cl2N3O2. The quantitative estimate of drug-likeness (QED) is 0.847. The Morgan fingerprint density at radius 3 is 2.72 bits per heavy atom. The Bertz CT molecular complexity index is 676. The third-order valence-corrected chi connectivity index (χ3v) is 4.37. The number of nitrogens with zero attached hydrogens (tertiary/aromatic N) is 1. The van der Waals surface area contributed by atoms with Crippen LogP contribution in [0, 0.1) is 12.8 Å². The molecule has 1 fully saturated rings. The van der Waals surface area contributed by atoms with Crippen molar-refractivity contribution in [2.75, 3.05) is 13.1 Å². The van der Waals surface area contributed by atoms with Gasteiger partial charge in [0.25, 0.3) is 0 Å². The lowest BCUT2D eigenvalue weighted by Gasteiger charge is -2.30. The smallest absolute Gasteiger partial charge is 0.226 e. The maximum Gasteiger partial charge on any atom is 0.226 e. The molecule has 1 aromatic heterocycles. The summed E-state index contributed by atoms with van der Waals surface area (Å²) in [5.41, 5.74) is 1.64. The molecule has 0 radical (unpaired) electrons. The van der Waals surface area contributed by atoms with Crippen molar-refractivity contribution in [1.82, 2.24) is 15.6 Å². The molecule has 25 heavy (non-hydrogen) atoms. The zero-order valence-electron chi connectivity index (χ0n) is 14.5. The van der Waals surface area contributed by atoms with Gasteiger partial charge in [-0.3, -0.25) is 4.79 Å². The Labute approximate surface area is 160 Å². The number of piperidine rings is 1. The number of hydrogen-bond donors (Lipinski definition) is 2. The van der Waals surface area contributed by atoms with E-state index < -0.39 is 0 Å². The summed E-state index contributed by atoms with van der Waals surface area (Å²) in [4.78, 5) is 16.8. The fraction of sp³-hybridized carbons (Fsp3) is 0.444. The summed E-state index contributed by atoms with van der Waals surface area (Å²) < 4.78 is 5.71. The zero-order chi connectivity index (χ0) is 16.2. The predicted molar refractivity (Wildman–Crippen MR) is 103 cm³/mol. The van der Waals surface area contributed by atoms with Gasteiger partial charge in [0, 0.05) is 11.6 Å². The maximum absolute atomic E-state index is 12.3. The van der Waals surface area contributed by atoms with Crippen LogP contribution in [0.3, 0.4) is 0 Å². The molecule has 1 aliphatic rings. The summed E-state index contributed by atoms with van der Waals surface area (Å²) in [5, 5.41) is 6.47. The van der Waals surface area contributed by atoms with Gasteiger partial charge in [-0.25, -0.2) is 4.98 Å². The number of amides is 1. The zero-order valence-corrected chi connectivity index (χ0v) is 16.1. The van der Waals surface area contributed by atoms with Crippen LogP contribution in [0.5, 0.6) is 0 Å². The highest BCUT2D eigenvalue weighted by atomic mass is 35.5. The van der Waals surface area contributed by atoms with E-state index in [9.17, 15) is 4.79 Å². The Kier molecular flexibility index (Phi) is 8.42. The van der Waals surface area contributed by atoms with E-state index in [1.165, 1.54) is 0 Å². The summed E-state index contributed by atoms with van der Waals surface area (Å²) in [6, 6.07) is 9.98. The van der Waals surface area contributed by atoms with Gasteiger partial charge in [-0.05, 0) is 44.5 Å². The van der Waals surface area contributed by atoms with Crippen molar-refractivity contribution >= 4 is 30.7 Å². The first kappa shape index (κ1) is 21.5. The number of halogens is 2. The van der Waals surface area contributed by atoms with Crippen LogP contribution in [0.2, 0.25) is 0 Å². The van der Waals surface area contributed by atoms with Crippen molar-refractivity contribution in [1.29, 1.82) is 0 Å². The van der Waals surface area contributed by atoms with Crippen molar-refractivity contribution in [3.05, 3.63) is 41.8 Å². The van der Waals surface area contributed by atoms with E-state index in [-0.39, 0.29) is 43.2 Å². The second-order valence-corrected chi connectivity index (χ2v) is 6.21. The topological polar surface area (TPSA) is 67.2 Å². The van der Waals surface area contributed by atoms with E-state index in [1.807, 2.05) is 37.3 Å². The molecule has 7 heteroatoms. The molecule has 2 atom stereocenters. The summed E-state index contributed by atoms with van der Waals surface area (Å²) in [5.74, 6) is 1.74. The minimum atomic E-state index is 0. The fourth-order valence-electron chi connectivity index (χ4n) is 2.93. The van der Waals surface area contributed by atoms with Crippen LogP contribution in [-0.4, -0.2) is 30.0 Å². The van der Waals surface area contributed by atoms with E-state index in [2.05, 4.69) is 22.5 Å². The van der Waals surface area contributed by atoms with Crippen LogP contribution >= 0.6 is 24.8 Å². The van der Waals surface area contributed by atoms with E-state index in [1.54, 1.807) is 0 Å². The Hall–Kier alpha value is -1.56. The standard InChI is InChI=1S/C18H23N3O2.2ClH/c1-12-11-19-9-8-15(12)20-17(22)10-16-13(2)23-18(21-16)14-6-4-3-5-7-14;;/h3-7,12,15,19H,8-11H2,1-2H3,(H,20,22);2*1H. The average Bonchev–Trinajstić information content (AvgIpc) is 2.91. The third-order valence-electron chi connectivity index (χ3n) is 4.37. The molecule has 138 valence electrons. The normalized spacial score (nSPS) is 19.4. The van der Waals surface area contributed by atoms with Crippen LogP contribution < -0.4 is 10.6 Å². The van der Waals surface area contributed by atoms with Gasteiger partial charge in [-0.1, -0.05) is 25.1 Å². The largest absolute Gasteiger partial charge is 0.441 e. The van der Waals surface area contributed by atoms with Gasteiger partial charge in [0.1, 0.15) is 5.76 Å². The lowest BCUT2D eigenvalue weighted by molar-refractivity contribution is -0.121. The van der Waals surface area contributed by atoms with Gasteiger partial charge in [0.05, 0.1) is 12.1 Å². The number of hydrogen-bond acceptors (Lipinski definition) is 4. The summed E-state index contributed by atoms with van der Waals surface area (Å²) in [6.07, 6.45) is 1.23. The second-order valence-electron chi connectivity index (χ2n) is 6.21. The highest BCUT2D eigenvalue weighted by molar-refractivity contribution is 5.85. The highest BCUT2D eigenvalue weighted by Crippen LogP contribution is 2.21. The first-order chi connectivity index (χ1) is 11.1. The number of carbonyl (C=O) groups is 1. The number of oxazole rings is 1. The first-order valence-corrected chi connectivity index (χ1v) is 8.15. The van der Waals surface area contributed by atoms with Crippen LogP contribution in [0.1, 0.15) is 24.8 Å². The number of aromatic nitrogens is 1. The molecule has 1 aromatic carbocycles. The van der Waals surface area contributed by atoms with E-state index >= 15 is 0 Å². The van der Waals surface area contributed by atoms with Crippen molar-refractivity contribution in [2.45, 2.75) is 32.7 Å². The monoisotopic (exact) mass is 385 g/mol. The number of nitrogens with one attached hydrogen (secondary N) is 2. The molecule has 1 aliphatic heterocycles. The number of aryl methyl sites for hydroxylation is 1. The summed E-state index contributed by atoms with van der Waals surface area (Å²) >= 11 is 0. The van der Waals surface area contributed by atoms with Crippen molar-refractivity contribution in [3.63, 3.8) is 0 Å². The summed E-state index contributed by atoms with van der Waals surface area (Å²) in [7, 11) is 0. The third kappa shape index (κ3) is 5.46. The van der Waals surface area contributed by atoms with Crippen molar-refractivity contribution in [2.24, 2.45) is 5.92 Å². The molecular weight excluding hydrogens is 361 g/mol. The number of rotatable bonds is 4. The second kappa shape index (κ2) is 9.80. The molecule has 2 N–H and O–H groups in total. The summed E-state index contributed by atoms with van der Waals surface area (Å²) in [6.45, 7) is 5.92.